The van der Waals surface area contributed by atoms with Gasteiger partial charge >= 0.3 is 0 Å². The number of Topliss-reactive ketones (excluding diaryl/α,β-unsaturated/α-hetero) is 1. The fraction of sp³-hybridized carbons (Fsp3) is 0.381. The van der Waals surface area contributed by atoms with E-state index in [1.54, 1.807) is 0 Å². The predicted molar refractivity (Wildman–Crippen MR) is 108 cm³/mol. The molecule has 1 aromatic carbocycles. The first-order valence-corrected chi connectivity index (χ1v) is 10.0. The zero-order valence-electron chi connectivity index (χ0n) is 14.4. The summed E-state index contributed by atoms with van der Waals surface area (Å²) in [7, 11) is 0. The zero-order chi connectivity index (χ0) is 17.4. The minimum atomic E-state index is -0.231. The summed E-state index contributed by atoms with van der Waals surface area (Å²) in [5.41, 5.74) is 4.17. The Morgan fingerprint density at radius 3 is 2.76 bits per heavy atom. The lowest BCUT2D eigenvalue weighted by Crippen LogP contribution is -2.31. The highest BCUT2D eigenvalue weighted by Gasteiger charge is 2.38. The number of hydrogen-bond acceptors (Lipinski definition) is 3. The summed E-state index contributed by atoms with van der Waals surface area (Å²) in [4.78, 5) is 22.7. The smallest absolute Gasteiger partial charge is 0.170 e. The Bertz CT molecular complexity index is 866. The summed E-state index contributed by atoms with van der Waals surface area (Å²) in [6.45, 7) is 2.13. The van der Waals surface area contributed by atoms with Crippen molar-refractivity contribution in [2.24, 2.45) is 5.41 Å². The van der Waals surface area contributed by atoms with Crippen LogP contribution < -0.4 is 0 Å². The molecular weight excluding hydrogens is 423 g/mol. The first kappa shape index (κ1) is 16.9. The molecule has 1 heterocycles. The predicted octanol–water partition coefficient (Wildman–Crippen LogP) is 5.23. The molecule has 1 aromatic heterocycles. The fourth-order valence-electron chi connectivity index (χ4n) is 3.95. The van der Waals surface area contributed by atoms with Gasteiger partial charge in [-0.1, -0.05) is 44.4 Å². The SMILES string of the molecule is CC1(C(=O)C2=CCc3ncc(-c4cccc(I)c4)nc32)CCCCC1. The molecule has 0 amide bonds. The molecule has 0 aliphatic heterocycles. The van der Waals surface area contributed by atoms with Crippen molar-refractivity contribution in [2.75, 3.05) is 0 Å². The van der Waals surface area contributed by atoms with Gasteiger partial charge in [-0.15, -0.1) is 0 Å². The number of nitrogens with zero attached hydrogens (tertiary/aromatic N) is 2. The van der Waals surface area contributed by atoms with Gasteiger partial charge in [-0.2, -0.15) is 0 Å². The number of fused-ring (bicyclic) bond motifs is 1. The van der Waals surface area contributed by atoms with E-state index >= 15 is 0 Å². The summed E-state index contributed by atoms with van der Waals surface area (Å²) in [6, 6.07) is 8.22. The van der Waals surface area contributed by atoms with Crippen LogP contribution >= 0.6 is 22.6 Å². The molecule has 0 bridgehead atoms. The van der Waals surface area contributed by atoms with Gasteiger partial charge in [0.1, 0.15) is 0 Å². The number of rotatable bonds is 3. The highest BCUT2D eigenvalue weighted by Crippen LogP contribution is 2.42. The second-order valence-electron chi connectivity index (χ2n) is 7.33. The van der Waals surface area contributed by atoms with Crippen LogP contribution in [0.15, 0.2) is 36.5 Å². The molecular formula is C21H21IN2O. The maximum atomic E-state index is 13.2. The quantitative estimate of drug-likeness (QED) is 0.610. The highest BCUT2D eigenvalue weighted by molar-refractivity contribution is 14.1. The molecule has 4 heteroatoms. The normalized spacial score (nSPS) is 18.6. The van der Waals surface area contributed by atoms with Crippen LogP contribution in [0, 0.1) is 8.99 Å². The van der Waals surface area contributed by atoms with Gasteiger partial charge in [0.2, 0.25) is 0 Å². The second-order valence-corrected chi connectivity index (χ2v) is 8.58. The molecule has 2 aliphatic rings. The van der Waals surface area contributed by atoms with Crippen molar-refractivity contribution in [3.8, 4) is 11.3 Å². The lowest BCUT2D eigenvalue weighted by Gasteiger charge is -2.32. The molecule has 2 aliphatic carbocycles. The van der Waals surface area contributed by atoms with E-state index in [-0.39, 0.29) is 11.2 Å². The number of carbonyl (C=O) groups excluding carboxylic acids is 1. The summed E-state index contributed by atoms with van der Waals surface area (Å²) >= 11 is 2.30. The van der Waals surface area contributed by atoms with Crippen molar-refractivity contribution < 1.29 is 4.79 Å². The minimum Gasteiger partial charge on any atom is -0.293 e. The van der Waals surface area contributed by atoms with Crippen LogP contribution in [0.3, 0.4) is 0 Å². The molecule has 3 nitrogen and oxygen atoms in total. The molecule has 0 spiro atoms. The van der Waals surface area contributed by atoms with Gasteiger partial charge in [-0.25, -0.2) is 4.98 Å². The lowest BCUT2D eigenvalue weighted by molar-refractivity contribution is -0.123. The van der Waals surface area contributed by atoms with E-state index in [2.05, 4.69) is 46.6 Å². The van der Waals surface area contributed by atoms with Crippen LogP contribution in [0.2, 0.25) is 0 Å². The molecule has 0 unspecified atom stereocenters. The average molecular weight is 444 g/mol. The van der Waals surface area contributed by atoms with Gasteiger partial charge in [0.05, 0.1) is 23.3 Å². The van der Waals surface area contributed by atoms with Crippen molar-refractivity contribution in [3.63, 3.8) is 0 Å². The standard InChI is InChI=1S/C21H21IN2O/c1-21(10-3-2-4-11-21)20(25)16-8-9-17-19(16)24-18(13-23-17)14-6-5-7-15(22)12-14/h5-8,12-13H,2-4,9-11H2,1H3. The summed E-state index contributed by atoms with van der Waals surface area (Å²) in [5, 5.41) is 0. The molecule has 128 valence electrons. The number of carbonyl (C=O) groups is 1. The summed E-state index contributed by atoms with van der Waals surface area (Å²) in [6.07, 6.45) is 10.1. The van der Waals surface area contributed by atoms with Gasteiger partial charge in [-0.3, -0.25) is 9.78 Å². The largest absolute Gasteiger partial charge is 0.293 e. The third kappa shape index (κ3) is 3.16. The van der Waals surface area contributed by atoms with Crippen LogP contribution in [-0.4, -0.2) is 15.8 Å². The average Bonchev–Trinajstić information content (AvgIpc) is 3.04. The Hall–Kier alpha value is -1.56. The van der Waals surface area contributed by atoms with E-state index in [9.17, 15) is 4.79 Å². The molecule has 4 rings (SSSR count). The van der Waals surface area contributed by atoms with Crippen molar-refractivity contribution in [3.05, 3.63) is 51.5 Å². The van der Waals surface area contributed by atoms with Crippen LogP contribution in [0.1, 0.15) is 50.4 Å². The molecule has 0 atom stereocenters. The minimum absolute atomic E-state index is 0.231. The van der Waals surface area contributed by atoms with Crippen molar-refractivity contribution in [2.45, 2.75) is 45.4 Å². The number of hydrogen-bond donors (Lipinski definition) is 0. The monoisotopic (exact) mass is 444 g/mol. The van der Waals surface area contributed by atoms with Crippen molar-refractivity contribution in [1.82, 2.24) is 9.97 Å². The summed E-state index contributed by atoms with van der Waals surface area (Å²) in [5.74, 6) is 0.264. The van der Waals surface area contributed by atoms with Crippen LogP contribution in [0.4, 0.5) is 0 Å². The van der Waals surface area contributed by atoms with Gasteiger partial charge in [0, 0.05) is 26.5 Å². The Balaban J connectivity index is 1.69. The zero-order valence-corrected chi connectivity index (χ0v) is 16.5. The van der Waals surface area contributed by atoms with E-state index in [4.69, 9.17) is 4.98 Å². The van der Waals surface area contributed by atoms with Crippen molar-refractivity contribution in [1.29, 1.82) is 0 Å². The van der Waals surface area contributed by atoms with Crippen LogP contribution in [0.5, 0.6) is 0 Å². The molecule has 0 saturated heterocycles. The third-order valence-corrected chi connectivity index (χ3v) is 6.14. The maximum Gasteiger partial charge on any atom is 0.170 e. The molecule has 1 saturated carbocycles. The Kier molecular flexibility index (Phi) is 4.48. The molecule has 0 N–H and O–H groups in total. The number of allylic oxidation sites excluding steroid dienone is 2. The number of ketones is 1. The Morgan fingerprint density at radius 1 is 1.20 bits per heavy atom. The van der Waals surface area contributed by atoms with Crippen LogP contribution in [0.25, 0.3) is 16.8 Å². The van der Waals surface area contributed by atoms with Crippen molar-refractivity contribution >= 4 is 33.9 Å². The first-order valence-electron chi connectivity index (χ1n) is 8.94. The summed E-state index contributed by atoms with van der Waals surface area (Å²) < 4.78 is 1.17. The van der Waals surface area contributed by atoms with Gasteiger partial charge in [-0.05, 0) is 47.6 Å². The Morgan fingerprint density at radius 2 is 2.00 bits per heavy atom. The van der Waals surface area contributed by atoms with E-state index in [0.29, 0.717) is 6.42 Å². The first-order chi connectivity index (χ1) is 12.1. The molecule has 2 aromatic rings. The van der Waals surface area contributed by atoms with E-state index in [0.717, 1.165) is 53.9 Å². The number of aromatic nitrogens is 2. The number of benzene rings is 1. The van der Waals surface area contributed by atoms with E-state index < -0.39 is 0 Å². The topological polar surface area (TPSA) is 42.9 Å². The molecule has 1 fully saturated rings. The highest BCUT2D eigenvalue weighted by atomic mass is 127. The molecule has 0 radical (unpaired) electrons. The van der Waals surface area contributed by atoms with Gasteiger partial charge in [0.15, 0.2) is 5.78 Å². The second kappa shape index (κ2) is 6.63. The van der Waals surface area contributed by atoms with E-state index in [1.807, 2.05) is 24.4 Å². The fourth-order valence-corrected chi connectivity index (χ4v) is 4.49. The lowest BCUT2D eigenvalue weighted by atomic mass is 9.70. The number of halogens is 1. The van der Waals surface area contributed by atoms with Gasteiger partial charge in [0.25, 0.3) is 0 Å². The maximum absolute atomic E-state index is 13.2. The third-order valence-electron chi connectivity index (χ3n) is 5.47. The van der Waals surface area contributed by atoms with Gasteiger partial charge < -0.3 is 0 Å². The molecule has 25 heavy (non-hydrogen) atoms. The van der Waals surface area contributed by atoms with E-state index in [1.165, 1.54) is 9.99 Å². The van der Waals surface area contributed by atoms with Crippen LogP contribution in [-0.2, 0) is 11.2 Å². The Labute approximate surface area is 162 Å².